The molecule has 4 aromatic rings. The second kappa shape index (κ2) is 9.68. The predicted molar refractivity (Wildman–Crippen MR) is 131 cm³/mol. The molecule has 0 fully saturated rings. The van der Waals surface area contributed by atoms with Crippen molar-refractivity contribution in [2.24, 2.45) is 0 Å². The third kappa shape index (κ3) is 4.84. The van der Waals surface area contributed by atoms with E-state index in [1.54, 1.807) is 13.2 Å². The van der Waals surface area contributed by atoms with Crippen LogP contribution in [0.4, 0.5) is 15.8 Å². The second-order valence-corrected chi connectivity index (χ2v) is 8.99. The fourth-order valence-electron chi connectivity index (χ4n) is 3.39. The Bertz CT molecular complexity index is 1180. The Hall–Kier alpha value is -2.61. The Balaban J connectivity index is 1.63. The van der Waals surface area contributed by atoms with E-state index in [1.807, 2.05) is 54.6 Å². The van der Waals surface area contributed by atoms with Crippen molar-refractivity contribution >= 4 is 48.7 Å². The Morgan fingerprint density at radius 2 is 1.81 bits per heavy atom. The summed E-state index contributed by atoms with van der Waals surface area (Å²) < 4.78 is 21.6. The Morgan fingerprint density at radius 3 is 2.58 bits per heavy atom. The zero-order valence-corrected chi connectivity index (χ0v) is 19.3. The van der Waals surface area contributed by atoms with Crippen LogP contribution in [-0.4, -0.2) is 31.4 Å². The number of para-hydroxylation sites is 1. The van der Waals surface area contributed by atoms with Gasteiger partial charge in [-0.1, -0.05) is 46.3 Å². The second-order valence-electron chi connectivity index (χ2n) is 7.05. The summed E-state index contributed by atoms with van der Waals surface area (Å²) >= 11 is 4.89. The van der Waals surface area contributed by atoms with Gasteiger partial charge in [-0.05, 0) is 36.4 Å². The highest BCUT2D eigenvalue weighted by Gasteiger charge is 2.20. The molecule has 0 spiro atoms. The van der Waals surface area contributed by atoms with Crippen LogP contribution in [0.2, 0.25) is 0 Å². The molecule has 0 radical (unpaired) electrons. The third-order valence-corrected chi connectivity index (χ3v) is 6.64. The summed E-state index contributed by atoms with van der Waals surface area (Å²) in [6.07, 6.45) is -0.638. The molecular formula is C24H22BrFN2O2S. The van der Waals surface area contributed by atoms with Gasteiger partial charge in [0.15, 0.2) is 0 Å². The van der Waals surface area contributed by atoms with Crippen LogP contribution in [-0.2, 0) is 0 Å². The van der Waals surface area contributed by atoms with Crippen molar-refractivity contribution < 1.29 is 14.2 Å². The first-order valence-electron chi connectivity index (χ1n) is 9.82. The van der Waals surface area contributed by atoms with E-state index in [2.05, 4.69) is 26.6 Å². The van der Waals surface area contributed by atoms with Crippen LogP contribution in [0.5, 0.6) is 5.75 Å². The number of thiophene rings is 1. The lowest BCUT2D eigenvalue weighted by Gasteiger charge is -2.16. The number of hydrogen-bond donors (Lipinski definition) is 3. The van der Waals surface area contributed by atoms with E-state index in [4.69, 9.17) is 4.74 Å². The summed E-state index contributed by atoms with van der Waals surface area (Å²) in [7, 11) is 1.62. The smallest absolute Gasteiger partial charge is 0.141 e. The molecule has 0 aliphatic heterocycles. The molecule has 1 heterocycles. The number of anilines is 2. The molecule has 1 unspecified atom stereocenters. The summed E-state index contributed by atoms with van der Waals surface area (Å²) in [6, 6.07) is 20.5. The van der Waals surface area contributed by atoms with Crippen molar-refractivity contribution in [3.8, 4) is 16.2 Å². The largest absolute Gasteiger partial charge is 0.496 e. The summed E-state index contributed by atoms with van der Waals surface area (Å²) in [6.45, 7) is 0.703. The molecule has 0 saturated carbocycles. The van der Waals surface area contributed by atoms with Crippen molar-refractivity contribution in [2.45, 2.75) is 6.10 Å². The molecule has 7 heteroatoms. The first-order chi connectivity index (χ1) is 15.1. The first kappa shape index (κ1) is 21.6. The van der Waals surface area contributed by atoms with Gasteiger partial charge in [0.05, 0.1) is 28.5 Å². The average molecular weight is 501 g/mol. The van der Waals surface area contributed by atoms with Gasteiger partial charge in [-0.2, -0.15) is 0 Å². The number of ether oxygens (including phenoxy) is 1. The van der Waals surface area contributed by atoms with E-state index < -0.39 is 6.10 Å². The number of nitrogens with one attached hydrogen (secondary N) is 2. The molecule has 3 aromatic carbocycles. The van der Waals surface area contributed by atoms with E-state index in [0.29, 0.717) is 23.5 Å². The highest BCUT2D eigenvalue weighted by molar-refractivity contribution is 9.10. The molecule has 0 aliphatic rings. The maximum Gasteiger partial charge on any atom is 0.141 e. The number of aliphatic hydroxyl groups is 1. The quantitative estimate of drug-likeness (QED) is 0.263. The molecule has 0 saturated heterocycles. The predicted octanol–water partition coefficient (Wildman–Crippen LogP) is 6.36. The van der Waals surface area contributed by atoms with Crippen molar-refractivity contribution in [1.82, 2.24) is 0 Å². The average Bonchev–Trinajstić information content (AvgIpc) is 3.16. The molecular weight excluding hydrogens is 479 g/mol. The molecule has 0 aliphatic carbocycles. The third-order valence-electron chi connectivity index (χ3n) is 4.90. The minimum atomic E-state index is -0.638. The molecule has 0 bridgehead atoms. The number of hydrogen-bond acceptors (Lipinski definition) is 5. The minimum Gasteiger partial charge on any atom is -0.496 e. The van der Waals surface area contributed by atoms with Crippen molar-refractivity contribution in [3.63, 3.8) is 0 Å². The van der Waals surface area contributed by atoms with Crippen LogP contribution in [0.15, 0.2) is 71.2 Å². The van der Waals surface area contributed by atoms with Gasteiger partial charge < -0.3 is 20.5 Å². The highest BCUT2D eigenvalue weighted by Crippen LogP contribution is 2.47. The van der Waals surface area contributed by atoms with Gasteiger partial charge in [-0.15, -0.1) is 11.3 Å². The Labute approximate surface area is 192 Å². The molecule has 3 N–H and O–H groups in total. The number of methoxy groups -OCH3 is 1. The highest BCUT2D eigenvalue weighted by atomic mass is 79.9. The lowest BCUT2D eigenvalue weighted by Crippen LogP contribution is -2.27. The van der Waals surface area contributed by atoms with E-state index in [0.717, 1.165) is 31.7 Å². The standard InChI is InChI=1S/C24H22BrFN2O2S/c1-30-21-11-10-15(25)12-19(21)24-22(18-8-5-9-20(26)23(18)31-24)28-14-17(29)13-27-16-6-3-2-4-7-16/h2-12,17,27-29H,13-14H2,1H3. The van der Waals surface area contributed by atoms with Gasteiger partial charge >= 0.3 is 0 Å². The molecule has 4 nitrogen and oxygen atoms in total. The van der Waals surface area contributed by atoms with Crippen molar-refractivity contribution in [3.05, 3.63) is 77.0 Å². The first-order valence-corrected chi connectivity index (χ1v) is 11.4. The number of rotatable bonds is 8. The summed E-state index contributed by atoms with van der Waals surface area (Å²) in [5.41, 5.74) is 2.59. The van der Waals surface area contributed by atoms with Gasteiger partial charge in [0.25, 0.3) is 0 Å². The van der Waals surface area contributed by atoms with E-state index in [1.165, 1.54) is 17.4 Å². The Kier molecular flexibility index (Phi) is 6.75. The molecule has 4 rings (SSSR count). The normalized spacial score (nSPS) is 12.0. The molecule has 1 atom stereocenters. The van der Waals surface area contributed by atoms with Crippen LogP contribution in [0, 0.1) is 5.82 Å². The van der Waals surface area contributed by atoms with Gasteiger partial charge in [0, 0.05) is 34.2 Å². The monoisotopic (exact) mass is 500 g/mol. The molecule has 0 amide bonds. The van der Waals surface area contributed by atoms with Gasteiger partial charge in [0.1, 0.15) is 11.6 Å². The van der Waals surface area contributed by atoms with Crippen LogP contribution < -0.4 is 15.4 Å². The van der Waals surface area contributed by atoms with Gasteiger partial charge in [-0.3, -0.25) is 0 Å². The minimum absolute atomic E-state index is 0.267. The lowest BCUT2D eigenvalue weighted by atomic mass is 10.1. The molecule has 31 heavy (non-hydrogen) atoms. The van der Waals surface area contributed by atoms with Gasteiger partial charge in [-0.25, -0.2) is 4.39 Å². The van der Waals surface area contributed by atoms with Crippen LogP contribution in [0.3, 0.4) is 0 Å². The topological polar surface area (TPSA) is 53.5 Å². The van der Waals surface area contributed by atoms with Crippen molar-refractivity contribution in [1.29, 1.82) is 0 Å². The maximum absolute atomic E-state index is 14.5. The van der Waals surface area contributed by atoms with E-state index in [9.17, 15) is 9.50 Å². The Morgan fingerprint density at radius 1 is 1.03 bits per heavy atom. The fraction of sp³-hybridized carbons (Fsp3) is 0.167. The molecule has 160 valence electrons. The van der Waals surface area contributed by atoms with E-state index >= 15 is 0 Å². The summed E-state index contributed by atoms with van der Waals surface area (Å²) in [5.74, 6) is 0.432. The number of aliphatic hydroxyl groups excluding tert-OH is 1. The van der Waals surface area contributed by atoms with Crippen LogP contribution in [0.25, 0.3) is 20.5 Å². The lowest BCUT2D eigenvalue weighted by molar-refractivity contribution is 0.201. The van der Waals surface area contributed by atoms with Crippen LogP contribution >= 0.6 is 27.3 Å². The zero-order chi connectivity index (χ0) is 21.8. The number of benzene rings is 3. The number of halogens is 2. The maximum atomic E-state index is 14.5. The van der Waals surface area contributed by atoms with Crippen LogP contribution in [0.1, 0.15) is 0 Å². The van der Waals surface area contributed by atoms with Gasteiger partial charge in [0.2, 0.25) is 0 Å². The van der Waals surface area contributed by atoms with Crippen molar-refractivity contribution in [2.75, 3.05) is 30.8 Å². The summed E-state index contributed by atoms with van der Waals surface area (Å²) in [5, 5.41) is 17.9. The summed E-state index contributed by atoms with van der Waals surface area (Å²) in [4.78, 5) is 0.862. The zero-order valence-electron chi connectivity index (χ0n) is 16.9. The van der Waals surface area contributed by atoms with E-state index in [-0.39, 0.29) is 5.82 Å². The number of fused-ring (bicyclic) bond motifs is 1. The molecule has 1 aromatic heterocycles. The SMILES string of the molecule is COc1ccc(Br)cc1-c1sc2c(F)cccc2c1NCC(O)CNc1ccccc1. The fourth-order valence-corrected chi connectivity index (χ4v) is 4.96.